The van der Waals surface area contributed by atoms with Crippen molar-refractivity contribution in [2.24, 2.45) is 11.3 Å². The van der Waals surface area contributed by atoms with Gasteiger partial charge in [-0.15, -0.1) is 0 Å². The number of hydrogen-bond acceptors (Lipinski definition) is 6. The number of carbonyl (C=O) groups excluding carboxylic acids is 4. The van der Waals surface area contributed by atoms with Crippen molar-refractivity contribution in [2.45, 2.75) is 72.4 Å². The van der Waals surface area contributed by atoms with E-state index in [1.54, 1.807) is 13.8 Å². The Morgan fingerprint density at radius 2 is 1.83 bits per heavy atom. The van der Waals surface area contributed by atoms with E-state index in [4.69, 9.17) is 9.47 Å². The van der Waals surface area contributed by atoms with E-state index < -0.39 is 35.8 Å². The fourth-order valence-electron chi connectivity index (χ4n) is 2.78. The molecule has 2 atom stereocenters. The number of ketones is 1. The molecule has 0 aromatic heterocycles. The molecule has 1 rings (SSSR count). The normalized spacial score (nSPS) is 20.4. The largest absolute Gasteiger partial charge is 0.449 e. The van der Waals surface area contributed by atoms with Crippen molar-refractivity contribution in [3.63, 3.8) is 0 Å². The molecule has 0 saturated carbocycles. The van der Waals surface area contributed by atoms with Gasteiger partial charge in [0.2, 0.25) is 11.7 Å². The van der Waals surface area contributed by atoms with Crippen molar-refractivity contribution in [2.75, 3.05) is 26.4 Å². The second kappa shape index (κ2) is 12.5. The molecular weight excluding hydrogens is 390 g/mol. The first-order chi connectivity index (χ1) is 14.0. The molecule has 1 fully saturated rings. The van der Waals surface area contributed by atoms with Crippen LogP contribution in [0.25, 0.3) is 0 Å². The van der Waals surface area contributed by atoms with Crippen LogP contribution in [0.4, 0.5) is 4.79 Å². The van der Waals surface area contributed by atoms with Gasteiger partial charge >= 0.3 is 6.09 Å². The summed E-state index contributed by atoms with van der Waals surface area (Å²) >= 11 is 0. The molecule has 1 aliphatic heterocycles. The molecule has 1 saturated heterocycles. The number of nitrogens with one attached hydrogen (secondary N) is 3. The van der Waals surface area contributed by atoms with Gasteiger partial charge in [-0.05, 0) is 37.0 Å². The van der Waals surface area contributed by atoms with Crippen LogP contribution in [0.1, 0.15) is 60.3 Å². The predicted octanol–water partition coefficient (Wildman–Crippen LogP) is 1.54. The summed E-state index contributed by atoms with van der Waals surface area (Å²) in [7, 11) is 0. The standard InChI is InChI=1S/C21H37N3O6/c1-14(2)16(24-20(28)30-13-21(3,4)5)18(26)23-15-9-8-12-29-11-7-6-10-22-19(27)17(15)25/h14-16H,6-13H2,1-5H3,(H,22,27)(H,23,26)(H,24,28). The molecule has 3 N–H and O–H groups in total. The van der Waals surface area contributed by atoms with Crippen molar-refractivity contribution in [1.82, 2.24) is 16.0 Å². The molecule has 0 aliphatic carbocycles. The smallest absolute Gasteiger partial charge is 0.407 e. The maximum absolute atomic E-state index is 12.8. The molecule has 2 unspecified atom stereocenters. The molecule has 0 aromatic rings. The van der Waals surface area contributed by atoms with E-state index in [-0.39, 0.29) is 24.4 Å². The summed E-state index contributed by atoms with van der Waals surface area (Å²) in [6.07, 6.45) is 1.62. The molecule has 0 aromatic carbocycles. The summed E-state index contributed by atoms with van der Waals surface area (Å²) in [6, 6.07) is -1.87. The average Bonchev–Trinajstić information content (AvgIpc) is 2.65. The number of hydrogen-bond donors (Lipinski definition) is 3. The Morgan fingerprint density at radius 3 is 2.47 bits per heavy atom. The first-order valence-corrected chi connectivity index (χ1v) is 10.6. The summed E-state index contributed by atoms with van der Waals surface area (Å²) in [5.41, 5.74) is -0.206. The molecule has 1 heterocycles. The van der Waals surface area contributed by atoms with Crippen molar-refractivity contribution >= 4 is 23.7 Å². The monoisotopic (exact) mass is 427 g/mol. The lowest BCUT2D eigenvalue weighted by atomic mass is 9.99. The van der Waals surface area contributed by atoms with Gasteiger partial charge in [-0.2, -0.15) is 0 Å². The van der Waals surface area contributed by atoms with Crippen LogP contribution >= 0.6 is 0 Å². The molecule has 9 heteroatoms. The fraction of sp³-hybridized carbons (Fsp3) is 0.810. The van der Waals surface area contributed by atoms with Gasteiger partial charge in [-0.3, -0.25) is 14.4 Å². The lowest BCUT2D eigenvalue weighted by Gasteiger charge is -2.25. The Labute approximate surface area is 179 Å². The highest BCUT2D eigenvalue weighted by Gasteiger charge is 2.31. The molecule has 1 aliphatic rings. The van der Waals surface area contributed by atoms with Crippen LogP contribution in [0.15, 0.2) is 0 Å². The zero-order chi connectivity index (χ0) is 22.7. The minimum atomic E-state index is -0.978. The second-order valence-electron chi connectivity index (χ2n) is 9.15. The third-order valence-corrected chi connectivity index (χ3v) is 4.50. The van der Waals surface area contributed by atoms with E-state index in [2.05, 4.69) is 16.0 Å². The molecule has 0 bridgehead atoms. The minimum Gasteiger partial charge on any atom is -0.449 e. The quantitative estimate of drug-likeness (QED) is 0.572. The van der Waals surface area contributed by atoms with Crippen LogP contribution in [0.3, 0.4) is 0 Å². The molecule has 0 radical (unpaired) electrons. The van der Waals surface area contributed by atoms with Gasteiger partial charge < -0.3 is 25.4 Å². The topological polar surface area (TPSA) is 123 Å². The predicted molar refractivity (Wildman–Crippen MR) is 112 cm³/mol. The molecular formula is C21H37N3O6. The number of Topliss-reactive ketones (excluding diaryl/α,β-unsaturated/α-hetero) is 1. The maximum Gasteiger partial charge on any atom is 0.407 e. The number of alkyl carbamates (subject to hydrolysis) is 1. The fourth-order valence-corrected chi connectivity index (χ4v) is 2.78. The average molecular weight is 428 g/mol. The molecule has 172 valence electrons. The van der Waals surface area contributed by atoms with Gasteiger partial charge in [-0.25, -0.2) is 4.79 Å². The Bertz CT molecular complexity index is 600. The Balaban J connectivity index is 2.78. The van der Waals surface area contributed by atoms with Crippen LogP contribution in [0.5, 0.6) is 0 Å². The number of carbonyl (C=O) groups is 4. The summed E-state index contributed by atoms with van der Waals surface area (Å²) in [4.78, 5) is 49.6. The third-order valence-electron chi connectivity index (χ3n) is 4.50. The lowest BCUT2D eigenvalue weighted by Crippen LogP contribution is -2.55. The van der Waals surface area contributed by atoms with Gasteiger partial charge in [0.15, 0.2) is 0 Å². The van der Waals surface area contributed by atoms with E-state index in [1.165, 1.54) is 0 Å². The van der Waals surface area contributed by atoms with E-state index in [0.717, 1.165) is 6.42 Å². The summed E-state index contributed by atoms with van der Waals surface area (Å²) in [6.45, 7) is 11.0. The first-order valence-electron chi connectivity index (χ1n) is 10.6. The highest BCUT2D eigenvalue weighted by atomic mass is 16.5. The van der Waals surface area contributed by atoms with Gasteiger partial charge in [-0.1, -0.05) is 34.6 Å². The van der Waals surface area contributed by atoms with Crippen LogP contribution in [-0.2, 0) is 23.9 Å². The van der Waals surface area contributed by atoms with E-state index in [1.807, 2.05) is 20.8 Å². The Morgan fingerprint density at radius 1 is 1.17 bits per heavy atom. The summed E-state index contributed by atoms with van der Waals surface area (Å²) < 4.78 is 10.7. The highest BCUT2D eigenvalue weighted by Crippen LogP contribution is 2.13. The van der Waals surface area contributed by atoms with Crippen LogP contribution in [0, 0.1) is 11.3 Å². The third kappa shape index (κ3) is 10.0. The Kier molecular flexibility index (Phi) is 10.8. The molecule has 9 nitrogen and oxygen atoms in total. The lowest BCUT2D eigenvalue weighted by molar-refractivity contribution is -0.140. The zero-order valence-corrected chi connectivity index (χ0v) is 18.8. The van der Waals surface area contributed by atoms with Crippen LogP contribution in [-0.4, -0.2) is 62.1 Å². The number of amides is 3. The highest BCUT2D eigenvalue weighted by molar-refractivity contribution is 6.38. The van der Waals surface area contributed by atoms with Gasteiger partial charge in [0, 0.05) is 19.8 Å². The van der Waals surface area contributed by atoms with Crippen molar-refractivity contribution < 1.29 is 28.7 Å². The van der Waals surface area contributed by atoms with Gasteiger partial charge in [0.05, 0.1) is 12.6 Å². The zero-order valence-electron chi connectivity index (χ0n) is 18.8. The number of ether oxygens (including phenoxy) is 2. The molecule has 30 heavy (non-hydrogen) atoms. The van der Waals surface area contributed by atoms with Crippen molar-refractivity contribution in [1.29, 1.82) is 0 Å². The first kappa shape index (κ1) is 25.9. The minimum absolute atomic E-state index is 0.201. The van der Waals surface area contributed by atoms with E-state index in [0.29, 0.717) is 32.6 Å². The van der Waals surface area contributed by atoms with Crippen LogP contribution in [0.2, 0.25) is 0 Å². The van der Waals surface area contributed by atoms with Crippen molar-refractivity contribution in [3.05, 3.63) is 0 Å². The van der Waals surface area contributed by atoms with Gasteiger partial charge in [0.1, 0.15) is 6.04 Å². The summed E-state index contributed by atoms with van der Waals surface area (Å²) in [5, 5.41) is 7.78. The summed E-state index contributed by atoms with van der Waals surface area (Å²) in [5.74, 6) is -2.18. The SMILES string of the molecule is CC(C)C(NC(=O)OCC(C)(C)C)C(=O)NC1CCCOCCCCNC(=O)C1=O. The maximum atomic E-state index is 12.8. The molecule has 3 amide bonds. The van der Waals surface area contributed by atoms with Crippen molar-refractivity contribution in [3.8, 4) is 0 Å². The van der Waals surface area contributed by atoms with E-state index >= 15 is 0 Å². The van der Waals surface area contributed by atoms with Crippen LogP contribution < -0.4 is 16.0 Å². The Hall–Kier alpha value is -2.16. The molecule has 0 spiro atoms. The van der Waals surface area contributed by atoms with E-state index in [9.17, 15) is 19.2 Å². The number of rotatable bonds is 5. The van der Waals surface area contributed by atoms with Gasteiger partial charge in [0.25, 0.3) is 5.91 Å². The second-order valence-corrected chi connectivity index (χ2v) is 9.15.